The molecule has 0 unspecified atom stereocenters. The van der Waals surface area contributed by atoms with Crippen molar-refractivity contribution in [2.24, 2.45) is 0 Å². The van der Waals surface area contributed by atoms with Gasteiger partial charge in [-0.05, 0) is 40.5 Å². The number of carboxylic acids is 1. The average Bonchev–Trinajstić information content (AvgIpc) is 3.17. The summed E-state index contributed by atoms with van der Waals surface area (Å²) in [7, 11) is 0. The predicted molar refractivity (Wildman–Crippen MR) is 128 cm³/mol. The van der Waals surface area contributed by atoms with E-state index in [4.69, 9.17) is 14.6 Å². The van der Waals surface area contributed by atoms with E-state index < -0.39 is 18.0 Å². The molecule has 0 atom stereocenters. The summed E-state index contributed by atoms with van der Waals surface area (Å²) in [6.45, 7) is 0.0382. The second-order valence-electron chi connectivity index (χ2n) is 7.89. The second-order valence-corrected chi connectivity index (χ2v) is 7.89. The standard InChI is InChI=1S/C26H24N2O7/c29-16-9-10-23(21(13-16)25(31)32)28-24(30)15-34-12-11-27-26(33)35-14-22-19-7-3-1-5-17(19)18-6-2-4-8-20(18)22/h1-10,13,22,29H,11-12,14-15H2,(H,27,33)(H,28,30)(H,31,32). The van der Waals surface area contributed by atoms with Gasteiger partial charge in [0.05, 0.1) is 17.9 Å². The lowest BCUT2D eigenvalue weighted by atomic mass is 9.98. The molecule has 1 aliphatic rings. The predicted octanol–water partition coefficient (Wildman–Crippen LogP) is 3.58. The molecule has 3 aromatic rings. The maximum Gasteiger partial charge on any atom is 0.407 e. The summed E-state index contributed by atoms with van der Waals surface area (Å²) in [5, 5.41) is 23.6. The topological polar surface area (TPSA) is 134 Å². The number of alkyl carbamates (subject to hydrolysis) is 1. The monoisotopic (exact) mass is 476 g/mol. The first-order valence-corrected chi connectivity index (χ1v) is 11.0. The number of fused-ring (bicyclic) bond motifs is 3. The Morgan fingerprint density at radius 2 is 1.57 bits per heavy atom. The number of hydrogen-bond donors (Lipinski definition) is 4. The fourth-order valence-electron chi connectivity index (χ4n) is 4.04. The molecule has 1 aliphatic carbocycles. The summed E-state index contributed by atoms with van der Waals surface area (Å²) in [5.41, 5.74) is 4.33. The fraction of sp³-hybridized carbons (Fsp3) is 0.192. The van der Waals surface area contributed by atoms with Crippen LogP contribution in [0, 0.1) is 0 Å². The van der Waals surface area contributed by atoms with E-state index in [-0.39, 0.29) is 49.3 Å². The molecule has 2 amide bonds. The zero-order valence-corrected chi connectivity index (χ0v) is 18.7. The number of aromatic carboxylic acids is 1. The molecule has 0 aliphatic heterocycles. The number of benzene rings is 3. The normalized spacial score (nSPS) is 11.9. The Kier molecular flexibility index (Phi) is 7.27. The third-order valence-electron chi connectivity index (χ3n) is 5.60. The third kappa shape index (κ3) is 5.59. The number of carbonyl (C=O) groups excluding carboxylic acids is 2. The number of anilines is 1. The molecule has 0 bridgehead atoms. The van der Waals surface area contributed by atoms with E-state index in [1.807, 2.05) is 36.4 Å². The van der Waals surface area contributed by atoms with Crippen LogP contribution in [0.3, 0.4) is 0 Å². The zero-order valence-electron chi connectivity index (χ0n) is 18.7. The molecule has 35 heavy (non-hydrogen) atoms. The highest BCUT2D eigenvalue weighted by Crippen LogP contribution is 2.44. The molecule has 0 fully saturated rings. The van der Waals surface area contributed by atoms with Crippen LogP contribution in [0.15, 0.2) is 66.7 Å². The molecule has 0 radical (unpaired) electrons. The van der Waals surface area contributed by atoms with Crippen LogP contribution in [-0.2, 0) is 14.3 Å². The van der Waals surface area contributed by atoms with Crippen molar-refractivity contribution in [2.75, 3.05) is 31.7 Å². The number of phenols is 1. The number of carbonyl (C=O) groups is 3. The Balaban J connectivity index is 1.19. The van der Waals surface area contributed by atoms with Crippen LogP contribution >= 0.6 is 0 Å². The van der Waals surface area contributed by atoms with Gasteiger partial charge in [0, 0.05) is 12.5 Å². The Morgan fingerprint density at radius 3 is 2.23 bits per heavy atom. The van der Waals surface area contributed by atoms with Gasteiger partial charge >= 0.3 is 12.1 Å². The van der Waals surface area contributed by atoms with Gasteiger partial charge < -0.3 is 30.3 Å². The summed E-state index contributed by atoms with van der Waals surface area (Å²) in [6.07, 6.45) is -0.588. The van der Waals surface area contributed by atoms with Crippen molar-refractivity contribution in [3.05, 3.63) is 83.4 Å². The van der Waals surface area contributed by atoms with E-state index >= 15 is 0 Å². The molecule has 0 saturated carbocycles. The number of amides is 2. The van der Waals surface area contributed by atoms with Crippen molar-refractivity contribution in [1.82, 2.24) is 5.32 Å². The van der Waals surface area contributed by atoms with Crippen molar-refractivity contribution < 1.29 is 34.1 Å². The molecule has 4 rings (SSSR count). The van der Waals surface area contributed by atoms with Crippen LogP contribution in [-0.4, -0.2) is 54.5 Å². The summed E-state index contributed by atoms with van der Waals surface area (Å²) in [6, 6.07) is 19.7. The second kappa shape index (κ2) is 10.7. The number of ether oxygens (including phenoxy) is 2. The molecule has 0 saturated heterocycles. The van der Waals surface area contributed by atoms with Gasteiger partial charge in [-0.25, -0.2) is 9.59 Å². The molecular weight excluding hydrogens is 452 g/mol. The first-order chi connectivity index (χ1) is 16.9. The van der Waals surface area contributed by atoms with E-state index in [1.165, 1.54) is 12.1 Å². The Morgan fingerprint density at radius 1 is 0.914 bits per heavy atom. The van der Waals surface area contributed by atoms with Gasteiger partial charge in [-0.15, -0.1) is 0 Å². The van der Waals surface area contributed by atoms with Gasteiger partial charge in [-0.2, -0.15) is 0 Å². The smallest absolute Gasteiger partial charge is 0.407 e. The number of aromatic hydroxyl groups is 1. The van der Waals surface area contributed by atoms with Crippen molar-refractivity contribution in [3.8, 4) is 16.9 Å². The summed E-state index contributed by atoms with van der Waals surface area (Å²) < 4.78 is 10.7. The molecular formula is C26H24N2O7. The lowest BCUT2D eigenvalue weighted by molar-refractivity contribution is -0.120. The van der Waals surface area contributed by atoms with E-state index in [1.54, 1.807) is 0 Å². The van der Waals surface area contributed by atoms with E-state index in [0.717, 1.165) is 28.3 Å². The lowest BCUT2D eigenvalue weighted by Crippen LogP contribution is -2.30. The number of nitrogens with one attached hydrogen (secondary N) is 2. The SMILES string of the molecule is O=C(COCCNC(=O)OCC1c2ccccc2-c2ccccc21)Nc1ccc(O)cc1C(=O)O. The van der Waals surface area contributed by atoms with Crippen molar-refractivity contribution in [1.29, 1.82) is 0 Å². The number of rotatable bonds is 9. The van der Waals surface area contributed by atoms with Gasteiger partial charge in [0.15, 0.2) is 0 Å². The highest BCUT2D eigenvalue weighted by atomic mass is 16.5. The molecule has 180 valence electrons. The maximum absolute atomic E-state index is 12.1. The Hall–Kier alpha value is -4.37. The van der Waals surface area contributed by atoms with Crippen molar-refractivity contribution in [2.45, 2.75) is 5.92 Å². The van der Waals surface area contributed by atoms with Gasteiger partial charge in [0.1, 0.15) is 19.0 Å². The number of carboxylic acid groups (broad SMARTS) is 1. The third-order valence-corrected chi connectivity index (χ3v) is 5.60. The lowest BCUT2D eigenvalue weighted by Gasteiger charge is -2.14. The highest BCUT2D eigenvalue weighted by Gasteiger charge is 2.28. The van der Waals surface area contributed by atoms with Crippen LogP contribution in [0.5, 0.6) is 5.75 Å². The fourth-order valence-corrected chi connectivity index (χ4v) is 4.04. The minimum Gasteiger partial charge on any atom is -0.508 e. The molecule has 9 nitrogen and oxygen atoms in total. The van der Waals surface area contributed by atoms with Crippen LogP contribution in [0.4, 0.5) is 10.5 Å². The van der Waals surface area contributed by atoms with Crippen LogP contribution in [0.1, 0.15) is 27.4 Å². The molecule has 4 N–H and O–H groups in total. The van der Waals surface area contributed by atoms with Gasteiger partial charge in [-0.1, -0.05) is 48.5 Å². The quantitative estimate of drug-likeness (QED) is 0.274. The van der Waals surface area contributed by atoms with E-state index in [2.05, 4.69) is 22.8 Å². The Labute approximate surface area is 201 Å². The minimum absolute atomic E-state index is 0.0383. The van der Waals surface area contributed by atoms with Gasteiger partial charge in [0.25, 0.3) is 0 Å². The maximum atomic E-state index is 12.1. The average molecular weight is 476 g/mol. The Bertz CT molecular complexity index is 1210. The largest absolute Gasteiger partial charge is 0.508 e. The highest BCUT2D eigenvalue weighted by molar-refractivity contribution is 6.01. The molecule has 3 aromatic carbocycles. The molecule has 0 heterocycles. The minimum atomic E-state index is -1.29. The van der Waals surface area contributed by atoms with Crippen molar-refractivity contribution in [3.63, 3.8) is 0 Å². The van der Waals surface area contributed by atoms with Crippen LogP contribution < -0.4 is 10.6 Å². The van der Waals surface area contributed by atoms with Crippen LogP contribution in [0.25, 0.3) is 11.1 Å². The molecule has 0 aromatic heterocycles. The summed E-state index contributed by atoms with van der Waals surface area (Å²) in [5.74, 6) is -2.12. The van der Waals surface area contributed by atoms with Crippen LogP contribution in [0.2, 0.25) is 0 Å². The molecule has 0 spiro atoms. The molecule has 9 heteroatoms. The first kappa shape index (κ1) is 23.8. The zero-order chi connectivity index (χ0) is 24.8. The summed E-state index contributed by atoms with van der Waals surface area (Å²) in [4.78, 5) is 35.4. The first-order valence-electron chi connectivity index (χ1n) is 11.0. The van der Waals surface area contributed by atoms with Gasteiger partial charge in [0.2, 0.25) is 5.91 Å². The summed E-state index contributed by atoms with van der Waals surface area (Å²) >= 11 is 0. The van der Waals surface area contributed by atoms with Gasteiger partial charge in [-0.3, -0.25) is 4.79 Å². The number of phenolic OH excluding ortho intramolecular Hbond substituents is 1. The number of hydrogen-bond acceptors (Lipinski definition) is 6. The van der Waals surface area contributed by atoms with E-state index in [9.17, 15) is 19.5 Å². The van der Waals surface area contributed by atoms with Crippen molar-refractivity contribution >= 4 is 23.7 Å². The van der Waals surface area contributed by atoms with E-state index in [0.29, 0.717) is 0 Å².